The second-order valence-electron chi connectivity index (χ2n) is 4.87. The van der Waals surface area contributed by atoms with Gasteiger partial charge in [0.2, 0.25) is 0 Å². The molecule has 2 rings (SSSR count). The summed E-state index contributed by atoms with van der Waals surface area (Å²) in [4.78, 5) is 15.9. The Morgan fingerprint density at radius 3 is 3.11 bits per heavy atom. The summed E-state index contributed by atoms with van der Waals surface area (Å²) in [5, 5.41) is 2.87. The van der Waals surface area contributed by atoms with Crippen molar-refractivity contribution < 1.29 is 9.53 Å². The van der Waals surface area contributed by atoms with Gasteiger partial charge in [-0.3, -0.25) is 9.78 Å². The minimum Gasteiger partial charge on any atom is -0.381 e. The van der Waals surface area contributed by atoms with Crippen molar-refractivity contribution in [1.29, 1.82) is 0 Å². The number of nitrogens with two attached hydrogens (primary N) is 1. The molecule has 0 bridgehead atoms. The Bertz CT molecular complexity index is 419. The Hall–Kier alpha value is -1.46. The zero-order valence-electron chi connectivity index (χ0n) is 11.1. The Balaban J connectivity index is 1.62. The molecule has 5 heteroatoms. The fourth-order valence-electron chi connectivity index (χ4n) is 1.74. The van der Waals surface area contributed by atoms with E-state index >= 15 is 0 Å². The molecule has 1 amide bonds. The van der Waals surface area contributed by atoms with Gasteiger partial charge in [-0.15, -0.1) is 0 Å². The number of amides is 1. The number of hydrogen-bond acceptors (Lipinski definition) is 4. The van der Waals surface area contributed by atoms with Gasteiger partial charge in [0.15, 0.2) is 0 Å². The Kier molecular flexibility index (Phi) is 5.30. The van der Waals surface area contributed by atoms with Crippen LogP contribution in [0.4, 0.5) is 0 Å². The van der Waals surface area contributed by atoms with Gasteiger partial charge in [-0.05, 0) is 37.3 Å². The van der Waals surface area contributed by atoms with E-state index in [1.165, 1.54) is 12.8 Å². The molecule has 19 heavy (non-hydrogen) atoms. The molecule has 0 unspecified atom stereocenters. The number of pyridine rings is 1. The molecule has 1 aromatic rings. The first-order valence-corrected chi connectivity index (χ1v) is 6.80. The van der Waals surface area contributed by atoms with Crippen LogP contribution in [0.25, 0.3) is 0 Å². The lowest BCUT2D eigenvalue weighted by Crippen LogP contribution is -2.25. The van der Waals surface area contributed by atoms with Gasteiger partial charge >= 0.3 is 0 Å². The first-order valence-electron chi connectivity index (χ1n) is 6.80. The lowest BCUT2D eigenvalue weighted by Gasteiger charge is -2.06. The molecule has 0 atom stereocenters. The van der Waals surface area contributed by atoms with Crippen molar-refractivity contribution in [2.75, 3.05) is 19.8 Å². The van der Waals surface area contributed by atoms with Crippen molar-refractivity contribution in [2.45, 2.75) is 25.8 Å². The maximum atomic E-state index is 11.8. The van der Waals surface area contributed by atoms with Crippen LogP contribution in [-0.2, 0) is 11.3 Å². The third kappa shape index (κ3) is 4.96. The average Bonchev–Trinajstić information content (AvgIpc) is 3.26. The first-order chi connectivity index (χ1) is 9.29. The van der Waals surface area contributed by atoms with E-state index in [0.29, 0.717) is 25.3 Å². The van der Waals surface area contributed by atoms with Gasteiger partial charge in [-0.2, -0.15) is 0 Å². The summed E-state index contributed by atoms with van der Waals surface area (Å²) >= 11 is 0. The molecule has 0 saturated heterocycles. The fraction of sp³-hybridized carbons (Fsp3) is 0.571. The number of nitrogens with zero attached hydrogens (tertiary/aromatic N) is 1. The predicted molar refractivity (Wildman–Crippen MR) is 72.6 cm³/mol. The van der Waals surface area contributed by atoms with E-state index in [2.05, 4.69) is 10.3 Å². The molecule has 1 aliphatic rings. The van der Waals surface area contributed by atoms with Crippen LogP contribution in [0.3, 0.4) is 0 Å². The number of ether oxygens (including phenoxy) is 1. The van der Waals surface area contributed by atoms with Crippen LogP contribution in [0.2, 0.25) is 0 Å². The minimum absolute atomic E-state index is 0.0840. The van der Waals surface area contributed by atoms with Gasteiger partial charge < -0.3 is 15.8 Å². The summed E-state index contributed by atoms with van der Waals surface area (Å²) in [5.74, 6) is 0.709. The zero-order chi connectivity index (χ0) is 13.5. The molecular weight excluding hydrogens is 242 g/mol. The van der Waals surface area contributed by atoms with Crippen molar-refractivity contribution in [1.82, 2.24) is 10.3 Å². The van der Waals surface area contributed by atoms with Gasteiger partial charge in [0.05, 0.1) is 5.69 Å². The second-order valence-corrected chi connectivity index (χ2v) is 4.87. The lowest BCUT2D eigenvalue weighted by molar-refractivity contribution is 0.0937. The summed E-state index contributed by atoms with van der Waals surface area (Å²) < 4.78 is 5.50. The highest BCUT2D eigenvalue weighted by molar-refractivity contribution is 5.94. The van der Waals surface area contributed by atoms with Crippen molar-refractivity contribution in [2.24, 2.45) is 11.7 Å². The van der Waals surface area contributed by atoms with Crippen LogP contribution in [0.15, 0.2) is 18.3 Å². The standard InChI is InChI=1S/C14H21N3O2/c15-9-13-8-12(4-6-16-13)14(18)17-5-1-7-19-10-11-2-3-11/h4,6,8,11H,1-3,5,7,9-10,15H2,(H,17,18). The monoisotopic (exact) mass is 263 g/mol. The quantitative estimate of drug-likeness (QED) is 0.688. The molecule has 1 aliphatic carbocycles. The Labute approximate surface area is 113 Å². The van der Waals surface area contributed by atoms with Crippen LogP contribution >= 0.6 is 0 Å². The van der Waals surface area contributed by atoms with Crippen molar-refractivity contribution >= 4 is 5.91 Å². The number of nitrogens with one attached hydrogen (secondary N) is 1. The van der Waals surface area contributed by atoms with E-state index < -0.39 is 0 Å². The van der Waals surface area contributed by atoms with Crippen LogP contribution in [-0.4, -0.2) is 30.6 Å². The smallest absolute Gasteiger partial charge is 0.251 e. The highest BCUT2D eigenvalue weighted by atomic mass is 16.5. The van der Waals surface area contributed by atoms with E-state index in [4.69, 9.17) is 10.5 Å². The molecule has 0 aromatic carbocycles. The number of aromatic nitrogens is 1. The summed E-state index contributed by atoms with van der Waals surface area (Å²) in [6.45, 7) is 2.55. The topological polar surface area (TPSA) is 77.2 Å². The molecule has 0 radical (unpaired) electrons. The molecule has 5 nitrogen and oxygen atoms in total. The molecule has 1 aromatic heterocycles. The summed E-state index contributed by atoms with van der Waals surface area (Å²) in [5.41, 5.74) is 6.82. The SMILES string of the molecule is NCc1cc(C(=O)NCCCOCC2CC2)ccn1. The second kappa shape index (κ2) is 7.21. The third-order valence-corrected chi connectivity index (χ3v) is 3.09. The molecule has 1 saturated carbocycles. The summed E-state index contributed by atoms with van der Waals surface area (Å²) in [6, 6.07) is 3.41. The van der Waals surface area contributed by atoms with Crippen LogP contribution in [0, 0.1) is 5.92 Å². The summed E-state index contributed by atoms with van der Waals surface area (Å²) in [6.07, 6.45) is 5.06. The average molecular weight is 263 g/mol. The van der Waals surface area contributed by atoms with E-state index in [1.54, 1.807) is 18.3 Å². The third-order valence-electron chi connectivity index (χ3n) is 3.09. The van der Waals surface area contributed by atoms with Crippen molar-refractivity contribution in [3.05, 3.63) is 29.6 Å². The first kappa shape index (κ1) is 14.0. The molecule has 1 fully saturated rings. The molecule has 1 heterocycles. The number of carbonyl (C=O) groups is 1. The van der Waals surface area contributed by atoms with E-state index in [9.17, 15) is 4.79 Å². The maximum Gasteiger partial charge on any atom is 0.251 e. The highest BCUT2D eigenvalue weighted by Gasteiger charge is 2.20. The van der Waals surface area contributed by atoms with E-state index in [0.717, 1.165) is 24.6 Å². The van der Waals surface area contributed by atoms with Crippen LogP contribution < -0.4 is 11.1 Å². The predicted octanol–water partition coefficient (Wildman–Crippen LogP) is 1.09. The van der Waals surface area contributed by atoms with Crippen LogP contribution in [0.1, 0.15) is 35.3 Å². The van der Waals surface area contributed by atoms with Gasteiger partial charge in [0, 0.05) is 38.1 Å². The van der Waals surface area contributed by atoms with E-state index in [-0.39, 0.29) is 5.91 Å². The van der Waals surface area contributed by atoms with Gasteiger partial charge in [-0.1, -0.05) is 0 Å². The van der Waals surface area contributed by atoms with Gasteiger partial charge in [-0.25, -0.2) is 0 Å². The highest BCUT2D eigenvalue weighted by Crippen LogP contribution is 2.28. The normalized spacial score (nSPS) is 14.4. The zero-order valence-corrected chi connectivity index (χ0v) is 11.1. The minimum atomic E-state index is -0.0840. The molecule has 0 spiro atoms. The largest absolute Gasteiger partial charge is 0.381 e. The maximum absolute atomic E-state index is 11.8. The molecule has 104 valence electrons. The lowest BCUT2D eigenvalue weighted by atomic mass is 10.2. The van der Waals surface area contributed by atoms with Crippen LogP contribution in [0.5, 0.6) is 0 Å². The fourth-order valence-corrected chi connectivity index (χ4v) is 1.74. The number of hydrogen-bond donors (Lipinski definition) is 2. The summed E-state index contributed by atoms with van der Waals surface area (Å²) in [7, 11) is 0. The van der Waals surface area contributed by atoms with Gasteiger partial charge in [0.25, 0.3) is 5.91 Å². The van der Waals surface area contributed by atoms with Crippen molar-refractivity contribution in [3.63, 3.8) is 0 Å². The molecule has 3 N–H and O–H groups in total. The number of carbonyl (C=O) groups excluding carboxylic acids is 1. The molecule has 0 aliphatic heterocycles. The Morgan fingerprint density at radius 2 is 2.37 bits per heavy atom. The van der Waals surface area contributed by atoms with Gasteiger partial charge in [0.1, 0.15) is 0 Å². The van der Waals surface area contributed by atoms with E-state index in [1.807, 2.05) is 0 Å². The van der Waals surface area contributed by atoms with Crippen molar-refractivity contribution in [3.8, 4) is 0 Å². The molecular formula is C14H21N3O2. The Morgan fingerprint density at radius 1 is 1.53 bits per heavy atom. The number of rotatable bonds is 8.